The van der Waals surface area contributed by atoms with Gasteiger partial charge in [0.2, 0.25) is 0 Å². The van der Waals surface area contributed by atoms with Crippen molar-refractivity contribution < 1.29 is 4.79 Å². The SMILES string of the molecule is C/C1=C/c2ccccc2/C=C\N(C)C1=O. The summed E-state index contributed by atoms with van der Waals surface area (Å²) in [7, 11) is 1.77. The summed E-state index contributed by atoms with van der Waals surface area (Å²) in [6, 6.07) is 8.03. The molecule has 0 radical (unpaired) electrons. The van der Waals surface area contributed by atoms with Gasteiger partial charge in [0.05, 0.1) is 0 Å². The van der Waals surface area contributed by atoms with Crippen molar-refractivity contribution in [2.75, 3.05) is 7.05 Å². The summed E-state index contributed by atoms with van der Waals surface area (Å²) in [5.41, 5.74) is 2.98. The van der Waals surface area contributed by atoms with Crippen LogP contribution in [0.3, 0.4) is 0 Å². The summed E-state index contributed by atoms with van der Waals surface area (Å²) in [5, 5.41) is 0. The third kappa shape index (κ3) is 1.84. The highest BCUT2D eigenvalue weighted by molar-refractivity contribution is 5.99. The van der Waals surface area contributed by atoms with Gasteiger partial charge in [-0.2, -0.15) is 0 Å². The van der Waals surface area contributed by atoms with Crippen molar-refractivity contribution in [3.8, 4) is 0 Å². The van der Waals surface area contributed by atoms with Crippen molar-refractivity contribution in [1.29, 1.82) is 0 Å². The largest absolute Gasteiger partial charge is 0.318 e. The Bertz CT molecular complexity index is 457. The molecule has 0 bridgehead atoms. The molecule has 76 valence electrons. The maximum atomic E-state index is 11.7. The van der Waals surface area contributed by atoms with Crippen LogP contribution in [0.1, 0.15) is 18.1 Å². The van der Waals surface area contributed by atoms with Crippen LogP contribution in [0.4, 0.5) is 0 Å². The van der Waals surface area contributed by atoms with E-state index in [9.17, 15) is 4.79 Å². The molecule has 0 fully saturated rings. The molecule has 1 aromatic rings. The standard InChI is InChI=1S/C13H13NO/c1-10-9-12-6-4-3-5-11(12)7-8-14(2)13(10)15/h3-9H,1-2H3/b8-7-,10-9-. The molecule has 0 spiro atoms. The number of hydrogen-bond acceptors (Lipinski definition) is 1. The van der Waals surface area contributed by atoms with Gasteiger partial charge in [0.15, 0.2) is 0 Å². The molecule has 0 aromatic heterocycles. The predicted molar refractivity (Wildman–Crippen MR) is 61.9 cm³/mol. The van der Waals surface area contributed by atoms with Crippen LogP contribution in [0.15, 0.2) is 36.0 Å². The summed E-state index contributed by atoms with van der Waals surface area (Å²) in [5.74, 6) is 0.0424. The first-order valence-corrected chi connectivity index (χ1v) is 4.91. The maximum Gasteiger partial charge on any atom is 0.253 e. The third-order valence-electron chi connectivity index (χ3n) is 2.50. The van der Waals surface area contributed by atoms with Crippen LogP contribution >= 0.6 is 0 Å². The Balaban J connectivity index is 2.57. The van der Waals surface area contributed by atoms with E-state index in [1.807, 2.05) is 43.3 Å². The minimum atomic E-state index is 0.0424. The fourth-order valence-corrected chi connectivity index (χ4v) is 1.63. The zero-order valence-corrected chi connectivity index (χ0v) is 8.90. The highest BCUT2D eigenvalue weighted by atomic mass is 16.2. The van der Waals surface area contributed by atoms with Gasteiger partial charge in [-0.05, 0) is 30.2 Å². The first-order valence-electron chi connectivity index (χ1n) is 4.91. The van der Waals surface area contributed by atoms with E-state index in [2.05, 4.69) is 0 Å². The van der Waals surface area contributed by atoms with Crippen LogP contribution < -0.4 is 0 Å². The van der Waals surface area contributed by atoms with Crippen molar-refractivity contribution in [3.63, 3.8) is 0 Å². The van der Waals surface area contributed by atoms with Gasteiger partial charge in [-0.3, -0.25) is 4.79 Å². The van der Waals surface area contributed by atoms with Gasteiger partial charge >= 0.3 is 0 Å². The van der Waals surface area contributed by atoms with Crippen molar-refractivity contribution >= 4 is 18.1 Å². The number of nitrogens with zero attached hydrogens (tertiary/aromatic N) is 1. The number of benzene rings is 1. The molecule has 1 aromatic carbocycles. The molecule has 0 N–H and O–H groups in total. The molecule has 2 heteroatoms. The highest BCUT2D eigenvalue weighted by Crippen LogP contribution is 2.18. The number of fused-ring (bicyclic) bond motifs is 1. The molecular formula is C13H13NO. The van der Waals surface area contributed by atoms with Crippen LogP contribution in [0, 0.1) is 0 Å². The number of rotatable bonds is 0. The molecule has 1 aliphatic heterocycles. The number of amides is 1. The van der Waals surface area contributed by atoms with E-state index in [-0.39, 0.29) is 5.91 Å². The Kier molecular flexibility index (Phi) is 2.42. The first-order chi connectivity index (χ1) is 7.18. The third-order valence-corrected chi connectivity index (χ3v) is 2.50. The minimum absolute atomic E-state index is 0.0424. The second-order valence-corrected chi connectivity index (χ2v) is 3.69. The van der Waals surface area contributed by atoms with Crippen LogP contribution in [0.5, 0.6) is 0 Å². The number of carbonyl (C=O) groups excluding carboxylic acids is 1. The minimum Gasteiger partial charge on any atom is -0.318 e. The Morgan fingerprint density at radius 1 is 1.13 bits per heavy atom. The lowest BCUT2D eigenvalue weighted by Crippen LogP contribution is -2.22. The molecule has 0 aliphatic carbocycles. The average Bonchev–Trinajstić information content (AvgIpc) is 2.25. The zero-order valence-electron chi connectivity index (χ0n) is 8.90. The smallest absolute Gasteiger partial charge is 0.253 e. The van der Waals surface area contributed by atoms with E-state index in [0.717, 1.165) is 16.7 Å². The molecule has 1 heterocycles. The molecular weight excluding hydrogens is 186 g/mol. The predicted octanol–water partition coefficient (Wildman–Crippen LogP) is 2.53. The molecule has 0 unspecified atom stereocenters. The number of carbonyl (C=O) groups is 1. The second-order valence-electron chi connectivity index (χ2n) is 3.69. The molecule has 1 aliphatic rings. The molecule has 0 saturated carbocycles. The van der Waals surface area contributed by atoms with E-state index < -0.39 is 0 Å². The fourth-order valence-electron chi connectivity index (χ4n) is 1.63. The normalized spacial score (nSPS) is 21.1. The Labute approximate surface area is 89.5 Å². The van der Waals surface area contributed by atoms with Crippen LogP contribution in [-0.2, 0) is 4.79 Å². The van der Waals surface area contributed by atoms with E-state index in [1.165, 1.54) is 0 Å². The van der Waals surface area contributed by atoms with Gasteiger partial charge in [-0.25, -0.2) is 0 Å². The molecule has 2 rings (SSSR count). The quantitative estimate of drug-likeness (QED) is 0.628. The van der Waals surface area contributed by atoms with E-state index >= 15 is 0 Å². The highest BCUT2D eigenvalue weighted by Gasteiger charge is 2.11. The summed E-state index contributed by atoms with van der Waals surface area (Å²) >= 11 is 0. The monoisotopic (exact) mass is 199 g/mol. The lowest BCUT2D eigenvalue weighted by Gasteiger charge is -2.15. The Hall–Kier alpha value is -1.83. The molecule has 0 saturated heterocycles. The van der Waals surface area contributed by atoms with Gasteiger partial charge < -0.3 is 4.90 Å². The van der Waals surface area contributed by atoms with Gasteiger partial charge in [-0.1, -0.05) is 24.3 Å². The van der Waals surface area contributed by atoms with E-state index in [0.29, 0.717) is 0 Å². The summed E-state index contributed by atoms with van der Waals surface area (Å²) in [6.45, 7) is 1.84. The van der Waals surface area contributed by atoms with Gasteiger partial charge in [0, 0.05) is 18.8 Å². The van der Waals surface area contributed by atoms with Crippen LogP contribution in [0.2, 0.25) is 0 Å². The molecule has 2 nitrogen and oxygen atoms in total. The fraction of sp³-hybridized carbons (Fsp3) is 0.154. The lowest BCUT2D eigenvalue weighted by molar-refractivity contribution is -0.123. The van der Waals surface area contributed by atoms with Crippen LogP contribution in [-0.4, -0.2) is 17.9 Å². The van der Waals surface area contributed by atoms with Crippen LogP contribution in [0.25, 0.3) is 12.2 Å². The van der Waals surface area contributed by atoms with Gasteiger partial charge in [0.25, 0.3) is 5.91 Å². The molecule has 0 atom stereocenters. The number of likely N-dealkylation sites (N-methyl/N-ethyl adjacent to an activating group) is 1. The first kappa shape index (κ1) is 9.71. The molecule has 15 heavy (non-hydrogen) atoms. The summed E-state index contributed by atoms with van der Waals surface area (Å²) < 4.78 is 0. The lowest BCUT2D eigenvalue weighted by atomic mass is 10.0. The Morgan fingerprint density at radius 2 is 1.80 bits per heavy atom. The summed E-state index contributed by atoms with van der Waals surface area (Å²) in [4.78, 5) is 13.3. The second kappa shape index (κ2) is 3.73. The Morgan fingerprint density at radius 3 is 2.53 bits per heavy atom. The maximum absolute atomic E-state index is 11.7. The van der Waals surface area contributed by atoms with Gasteiger partial charge in [0.1, 0.15) is 0 Å². The molecule has 1 amide bonds. The van der Waals surface area contributed by atoms with Crippen molar-refractivity contribution in [1.82, 2.24) is 4.90 Å². The summed E-state index contributed by atoms with van der Waals surface area (Å²) in [6.07, 6.45) is 5.69. The van der Waals surface area contributed by atoms with Gasteiger partial charge in [-0.15, -0.1) is 0 Å². The topological polar surface area (TPSA) is 20.3 Å². The average molecular weight is 199 g/mol. The number of hydrogen-bond donors (Lipinski definition) is 0. The van der Waals surface area contributed by atoms with Crippen molar-refractivity contribution in [2.24, 2.45) is 0 Å². The van der Waals surface area contributed by atoms with Crippen molar-refractivity contribution in [2.45, 2.75) is 6.92 Å². The zero-order chi connectivity index (χ0) is 10.8. The van der Waals surface area contributed by atoms with E-state index in [1.54, 1.807) is 18.1 Å². The van der Waals surface area contributed by atoms with E-state index in [4.69, 9.17) is 0 Å². The van der Waals surface area contributed by atoms with Crippen molar-refractivity contribution in [3.05, 3.63) is 47.2 Å².